The maximum Gasteiger partial charge on any atom is 0.408 e. The molecule has 0 saturated carbocycles. The molecule has 1 heterocycles. The fourth-order valence-electron chi connectivity index (χ4n) is 2.52. The predicted octanol–water partition coefficient (Wildman–Crippen LogP) is 1.34. The van der Waals surface area contributed by atoms with Gasteiger partial charge in [-0.05, 0) is 11.5 Å². The molecule has 8 nitrogen and oxygen atoms in total. The highest BCUT2D eigenvalue weighted by molar-refractivity contribution is 5.85. The normalized spacial score (nSPS) is 15.1. The predicted molar refractivity (Wildman–Crippen MR) is 96.7 cm³/mol. The van der Waals surface area contributed by atoms with E-state index in [-0.39, 0.29) is 25.0 Å². The number of carbonyl (C=O) groups excluding carboxylic acids is 3. The number of rotatable bonds is 7. The standard InChI is InChI=1S/C19H26N2O6/c1-14(2)17(20-19(24)27-12-15-6-4-3-5-7-15)18(23)26-13-16(22)21-8-10-25-11-9-21/h3-7,14,17H,8-13H2,1-2H3,(H,20,24)/t17-/m0/s1. The molecule has 2 rings (SSSR count). The zero-order valence-corrected chi connectivity index (χ0v) is 15.7. The van der Waals surface area contributed by atoms with Crippen molar-refractivity contribution in [3.05, 3.63) is 35.9 Å². The minimum Gasteiger partial charge on any atom is -0.454 e. The van der Waals surface area contributed by atoms with Gasteiger partial charge >= 0.3 is 12.1 Å². The lowest BCUT2D eigenvalue weighted by Gasteiger charge is -2.27. The van der Waals surface area contributed by atoms with Gasteiger partial charge in [-0.1, -0.05) is 44.2 Å². The molecule has 0 aromatic heterocycles. The fourth-order valence-corrected chi connectivity index (χ4v) is 2.52. The maximum absolute atomic E-state index is 12.3. The van der Waals surface area contributed by atoms with E-state index in [1.165, 1.54) is 0 Å². The van der Waals surface area contributed by atoms with Gasteiger partial charge in [0.1, 0.15) is 12.6 Å². The first-order chi connectivity index (χ1) is 13.0. The van der Waals surface area contributed by atoms with Crippen molar-refractivity contribution in [2.75, 3.05) is 32.9 Å². The Hall–Kier alpha value is -2.61. The molecular formula is C19H26N2O6. The van der Waals surface area contributed by atoms with Crippen molar-refractivity contribution in [1.29, 1.82) is 0 Å². The van der Waals surface area contributed by atoms with Crippen molar-refractivity contribution in [2.24, 2.45) is 5.92 Å². The zero-order chi connectivity index (χ0) is 19.6. The fraction of sp³-hybridized carbons (Fsp3) is 0.526. The van der Waals surface area contributed by atoms with Gasteiger partial charge < -0.3 is 24.4 Å². The van der Waals surface area contributed by atoms with Gasteiger partial charge in [0, 0.05) is 13.1 Å². The van der Waals surface area contributed by atoms with Crippen LogP contribution in [0.3, 0.4) is 0 Å². The minimum absolute atomic E-state index is 0.0993. The van der Waals surface area contributed by atoms with Crippen LogP contribution in [-0.4, -0.2) is 61.8 Å². The van der Waals surface area contributed by atoms with Gasteiger partial charge in [-0.25, -0.2) is 9.59 Å². The van der Waals surface area contributed by atoms with Gasteiger partial charge in [-0.15, -0.1) is 0 Å². The highest BCUT2D eigenvalue weighted by Crippen LogP contribution is 2.07. The summed E-state index contributed by atoms with van der Waals surface area (Å²) in [6.45, 7) is 5.19. The van der Waals surface area contributed by atoms with Crippen molar-refractivity contribution < 1.29 is 28.6 Å². The SMILES string of the molecule is CC(C)[C@H](NC(=O)OCc1ccccc1)C(=O)OCC(=O)N1CCOCC1. The highest BCUT2D eigenvalue weighted by Gasteiger charge is 2.28. The number of morpholine rings is 1. The van der Waals surface area contributed by atoms with Crippen molar-refractivity contribution in [3.8, 4) is 0 Å². The molecule has 1 saturated heterocycles. The van der Waals surface area contributed by atoms with Crippen LogP contribution in [0.4, 0.5) is 4.79 Å². The van der Waals surface area contributed by atoms with Gasteiger partial charge in [0.25, 0.3) is 5.91 Å². The molecule has 0 unspecified atom stereocenters. The van der Waals surface area contributed by atoms with Crippen LogP contribution in [0.15, 0.2) is 30.3 Å². The third-order valence-corrected chi connectivity index (χ3v) is 4.11. The lowest BCUT2D eigenvalue weighted by molar-refractivity contribution is -0.156. The number of esters is 1. The van der Waals surface area contributed by atoms with Crippen molar-refractivity contribution in [1.82, 2.24) is 10.2 Å². The summed E-state index contributed by atoms with van der Waals surface area (Å²) >= 11 is 0. The second-order valence-corrected chi connectivity index (χ2v) is 6.53. The highest BCUT2D eigenvalue weighted by atomic mass is 16.6. The first-order valence-electron chi connectivity index (χ1n) is 8.96. The molecule has 8 heteroatoms. The van der Waals surface area contributed by atoms with E-state index in [2.05, 4.69) is 5.32 Å². The number of amides is 2. The van der Waals surface area contributed by atoms with E-state index in [1.807, 2.05) is 30.3 Å². The minimum atomic E-state index is -0.897. The van der Waals surface area contributed by atoms with Gasteiger partial charge in [0.15, 0.2) is 6.61 Å². The molecule has 0 aliphatic carbocycles. The van der Waals surface area contributed by atoms with E-state index < -0.39 is 18.1 Å². The summed E-state index contributed by atoms with van der Waals surface area (Å²) in [5, 5.41) is 2.51. The van der Waals surface area contributed by atoms with Crippen molar-refractivity contribution in [2.45, 2.75) is 26.5 Å². The van der Waals surface area contributed by atoms with Gasteiger partial charge in [-0.2, -0.15) is 0 Å². The first kappa shape index (κ1) is 20.7. The van der Waals surface area contributed by atoms with E-state index in [0.717, 1.165) is 5.56 Å². The van der Waals surface area contributed by atoms with Crippen LogP contribution in [0, 0.1) is 5.92 Å². The molecule has 148 valence electrons. The number of hydrogen-bond donors (Lipinski definition) is 1. The molecule has 2 amide bonds. The third-order valence-electron chi connectivity index (χ3n) is 4.11. The summed E-state index contributed by atoms with van der Waals surface area (Å²) in [7, 11) is 0. The molecule has 1 aromatic carbocycles. The van der Waals surface area contributed by atoms with Crippen molar-refractivity contribution in [3.63, 3.8) is 0 Å². The van der Waals surface area contributed by atoms with Crippen LogP contribution in [0.1, 0.15) is 19.4 Å². The van der Waals surface area contributed by atoms with E-state index in [1.54, 1.807) is 18.7 Å². The Kier molecular flexibility index (Phi) is 8.06. The average molecular weight is 378 g/mol. The average Bonchev–Trinajstić information content (AvgIpc) is 2.69. The summed E-state index contributed by atoms with van der Waals surface area (Å²) in [6.07, 6.45) is -0.714. The number of alkyl carbamates (subject to hydrolysis) is 1. The Labute approximate surface area is 158 Å². The molecule has 1 fully saturated rings. The number of benzene rings is 1. The van der Waals surface area contributed by atoms with Crippen LogP contribution in [0.25, 0.3) is 0 Å². The molecule has 1 aliphatic rings. The monoisotopic (exact) mass is 378 g/mol. The van der Waals surface area contributed by atoms with E-state index in [0.29, 0.717) is 26.3 Å². The van der Waals surface area contributed by atoms with E-state index >= 15 is 0 Å². The third kappa shape index (κ3) is 6.90. The Bertz CT molecular complexity index is 628. The molecule has 1 aliphatic heterocycles. The molecule has 0 bridgehead atoms. The lowest BCUT2D eigenvalue weighted by atomic mass is 10.1. The van der Waals surface area contributed by atoms with Gasteiger partial charge in [0.05, 0.1) is 13.2 Å². The maximum atomic E-state index is 12.3. The molecule has 1 aromatic rings. The number of hydrogen-bond acceptors (Lipinski definition) is 6. The summed E-state index contributed by atoms with van der Waals surface area (Å²) in [4.78, 5) is 37.9. The molecule has 0 radical (unpaired) electrons. The number of nitrogens with one attached hydrogen (secondary N) is 1. The Morgan fingerprint density at radius 1 is 1.11 bits per heavy atom. The van der Waals surface area contributed by atoms with Gasteiger partial charge in [-0.3, -0.25) is 4.79 Å². The Morgan fingerprint density at radius 3 is 2.41 bits per heavy atom. The molecule has 27 heavy (non-hydrogen) atoms. The second-order valence-electron chi connectivity index (χ2n) is 6.53. The summed E-state index contributed by atoms with van der Waals surface area (Å²) in [5.74, 6) is -1.16. The van der Waals surface area contributed by atoms with Crippen LogP contribution in [0.2, 0.25) is 0 Å². The number of carbonyl (C=O) groups is 3. The van der Waals surface area contributed by atoms with Crippen LogP contribution < -0.4 is 5.32 Å². The van der Waals surface area contributed by atoms with Crippen LogP contribution in [0.5, 0.6) is 0 Å². The van der Waals surface area contributed by atoms with E-state index in [9.17, 15) is 14.4 Å². The number of nitrogens with zero attached hydrogens (tertiary/aromatic N) is 1. The molecule has 1 atom stereocenters. The topological polar surface area (TPSA) is 94.2 Å². The van der Waals surface area contributed by atoms with Crippen LogP contribution in [-0.2, 0) is 30.4 Å². The summed E-state index contributed by atoms with van der Waals surface area (Å²) < 4.78 is 15.4. The Morgan fingerprint density at radius 2 is 1.78 bits per heavy atom. The number of ether oxygens (including phenoxy) is 3. The largest absolute Gasteiger partial charge is 0.454 e. The quantitative estimate of drug-likeness (QED) is 0.720. The zero-order valence-electron chi connectivity index (χ0n) is 15.7. The molecule has 1 N–H and O–H groups in total. The molecule has 0 spiro atoms. The molecular weight excluding hydrogens is 352 g/mol. The van der Waals surface area contributed by atoms with Crippen molar-refractivity contribution >= 4 is 18.0 Å². The smallest absolute Gasteiger partial charge is 0.408 e. The van der Waals surface area contributed by atoms with E-state index in [4.69, 9.17) is 14.2 Å². The summed E-state index contributed by atoms with van der Waals surface area (Å²) in [6, 6.07) is 8.32. The Balaban J connectivity index is 1.79. The second kappa shape index (κ2) is 10.5. The lowest BCUT2D eigenvalue weighted by Crippen LogP contribution is -2.47. The van der Waals surface area contributed by atoms with Crippen LogP contribution >= 0.6 is 0 Å². The summed E-state index contributed by atoms with van der Waals surface area (Å²) in [5.41, 5.74) is 0.840. The first-order valence-corrected chi connectivity index (χ1v) is 8.96. The van der Waals surface area contributed by atoms with Gasteiger partial charge in [0.2, 0.25) is 0 Å².